The average molecular weight is 325 g/mol. The number of nitrogens with zero attached hydrogens (tertiary/aromatic N) is 3. The summed E-state index contributed by atoms with van der Waals surface area (Å²) in [4.78, 5) is 14.7. The van der Waals surface area contributed by atoms with Crippen molar-refractivity contribution in [1.29, 1.82) is 0 Å². The van der Waals surface area contributed by atoms with Gasteiger partial charge in [-0.05, 0) is 31.4 Å². The first kappa shape index (κ1) is 15.4. The average Bonchev–Trinajstić information content (AvgIpc) is 3.32. The Bertz CT molecular complexity index is 692. The molecule has 1 aliphatic heterocycles. The molecule has 2 aliphatic rings. The summed E-state index contributed by atoms with van der Waals surface area (Å²) >= 11 is 0. The van der Waals surface area contributed by atoms with E-state index in [1.807, 2.05) is 35.2 Å². The summed E-state index contributed by atoms with van der Waals surface area (Å²) in [5.41, 5.74) is 0.935. The molecule has 5 heteroatoms. The number of carbonyl (C=O) groups excluding carboxylic acids is 1. The summed E-state index contributed by atoms with van der Waals surface area (Å²) in [6.45, 7) is 1.52. The fraction of sp³-hybridized carbons (Fsp3) is 0.526. The Morgan fingerprint density at radius 2 is 1.83 bits per heavy atom. The normalized spacial score (nSPS) is 22.0. The van der Waals surface area contributed by atoms with Gasteiger partial charge in [0.1, 0.15) is 0 Å². The maximum absolute atomic E-state index is 12.7. The Labute approximate surface area is 142 Å². The summed E-state index contributed by atoms with van der Waals surface area (Å²) in [6.07, 6.45) is 6.68. The number of hydrogen-bond donors (Lipinski definition) is 0. The highest BCUT2D eigenvalue weighted by Gasteiger charge is 2.34. The molecule has 0 unspecified atom stereocenters. The van der Waals surface area contributed by atoms with Crippen LogP contribution >= 0.6 is 0 Å². The smallest absolute Gasteiger partial charge is 0.247 e. The molecule has 1 aromatic heterocycles. The van der Waals surface area contributed by atoms with Gasteiger partial charge in [-0.15, -0.1) is 10.2 Å². The first-order chi connectivity index (χ1) is 11.8. The Morgan fingerprint density at radius 3 is 2.62 bits per heavy atom. The summed E-state index contributed by atoms with van der Waals surface area (Å²) in [5, 5.41) is 8.40. The topological polar surface area (TPSA) is 59.2 Å². The van der Waals surface area contributed by atoms with Gasteiger partial charge in [0.15, 0.2) is 0 Å². The van der Waals surface area contributed by atoms with Gasteiger partial charge in [-0.1, -0.05) is 37.5 Å². The van der Waals surface area contributed by atoms with Gasteiger partial charge in [0, 0.05) is 24.6 Å². The van der Waals surface area contributed by atoms with Gasteiger partial charge in [0.25, 0.3) is 0 Å². The van der Waals surface area contributed by atoms with Crippen molar-refractivity contribution < 1.29 is 9.21 Å². The number of rotatable bonds is 3. The number of benzene rings is 1. The van der Waals surface area contributed by atoms with E-state index in [1.54, 1.807) is 0 Å². The zero-order chi connectivity index (χ0) is 16.4. The molecule has 0 N–H and O–H groups in total. The van der Waals surface area contributed by atoms with Crippen LogP contribution in [0, 0.1) is 5.92 Å². The van der Waals surface area contributed by atoms with Gasteiger partial charge < -0.3 is 9.32 Å². The predicted octanol–water partition coefficient (Wildman–Crippen LogP) is 3.63. The molecule has 1 amide bonds. The van der Waals surface area contributed by atoms with Gasteiger partial charge in [-0.2, -0.15) is 0 Å². The molecular formula is C19H23N3O2. The first-order valence-corrected chi connectivity index (χ1v) is 8.99. The maximum Gasteiger partial charge on any atom is 0.247 e. The number of carbonyl (C=O) groups is 1. The van der Waals surface area contributed by atoms with Crippen LogP contribution in [0.15, 0.2) is 34.7 Å². The van der Waals surface area contributed by atoms with Crippen LogP contribution in [0.4, 0.5) is 0 Å². The molecule has 0 bridgehead atoms. The van der Waals surface area contributed by atoms with Crippen LogP contribution in [0.1, 0.15) is 50.3 Å². The number of amides is 1. The molecule has 5 nitrogen and oxygen atoms in total. The molecule has 1 aliphatic carbocycles. The zero-order valence-electron chi connectivity index (χ0n) is 13.9. The minimum Gasteiger partial charge on any atom is -0.420 e. The molecule has 1 saturated carbocycles. The van der Waals surface area contributed by atoms with Crippen LogP contribution in [0.2, 0.25) is 0 Å². The molecule has 126 valence electrons. The molecule has 0 spiro atoms. The highest BCUT2D eigenvalue weighted by molar-refractivity contribution is 5.79. The van der Waals surface area contributed by atoms with Crippen molar-refractivity contribution in [3.05, 3.63) is 36.2 Å². The third-order valence-electron chi connectivity index (χ3n) is 5.26. The van der Waals surface area contributed by atoms with E-state index in [9.17, 15) is 4.79 Å². The molecule has 1 atom stereocenters. The van der Waals surface area contributed by atoms with Crippen LogP contribution < -0.4 is 0 Å². The van der Waals surface area contributed by atoms with Crippen molar-refractivity contribution in [2.45, 2.75) is 44.4 Å². The third kappa shape index (κ3) is 3.07. The molecular weight excluding hydrogens is 302 g/mol. The molecule has 1 aromatic carbocycles. The van der Waals surface area contributed by atoms with Crippen molar-refractivity contribution >= 4 is 5.91 Å². The second-order valence-electron chi connectivity index (χ2n) is 6.92. The fourth-order valence-electron chi connectivity index (χ4n) is 3.87. The highest BCUT2D eigenvalue weighted by Crippen LogP contribution is 2.32. The minimum atomic E-state index is 0.169. The summed E-state index contributed by atoms with van der Waals surface area (Å²) < 4.78 is 5.87. The Hall–Kier alpha value is -2.17. The van der Waals surface area contributed by atoms with E-state index in [1.165, 1.54) is 19.3 Å². The SMILES string of the molecule is O=C(C1CCCCC1)N1CC[C@H](c2nnc(-c3ccccc3)o2)C1. The van der Waals surface area contributed by atoms with E-state index in [0.717, 1.165) is 31.4 Å². The lowest BCUT2D eigenvalue weighted by Crippen LogP contribution is -2.35. The second kappa shape index (κ2) is 6.75. The largest absolute Gasteiger partial charge is 0.420 e. The van der Waals surface area contributed by atoms with Crippen LogP contribution in [0.25, 0.3) is 11.5 Å². The van der Waals surface area contributed by atoms with Gasteiger partial charge >= 0.3 is 0 Å². The van der Waals surface area contributed by atoms with Crippen LogP contribution in [-0.2, 0) is 4.79 Å². The number of aromatic nitrogens is 2. The second-order valence-corrected chi connectivity index (χ2v) is 6.92. The lowest BCUT2D eigenvalue weighted by molar-refractivity contribution is -0.135. The van der Waals surface area contributed by atoms with Crippen molar-refractivity contribution in [3.8, 4) is 11.5 Å². The molecule has 24 heavy (non-hydrogen) atoms. The summed E-state index contributed by atoms with van der Waals surface area (Å²) in [7, 11) is 0. The summed E-state index contributed by atoms with van der Waals surface area (Å²) in [5.74, 6) is 1.96. The van der Waals surface area contributed by atoms with E-state index in [2.05, 4.69) is 10.2 Å². The Morgan fingerprint density at radius 1 is 1.04 bits per heavy atom. The van der Waals surface area contributed by atoms with Crippen LogP contribution in [-0.4, -0.2) is 34.1 Å². The standard InChI is InChI=1S/C19H23N3O2/c23-19(15-9-5-2-6-10-15)22-12-11-16(13-22)18-21-20-17(24-18)14-7-3-1-4-8-14/h1,3-4,7-8,15-16H,2,5-6,9-13H2/t16-/m0/s1. The van der Waals surface area contributed by atoms with Crippen molar-refractivity contribution in [2.75, 3.05) is 13.1 Å². The predicted molar refractivity (Wildman–Crippen MR) is 90.2 cm³/mol. The lowest BCUT2D eigenvalue weighted by atomic mass is 9.88. The fourth-order valence-corrected chi connectivity index (χ4v) is 3.87. The Kier molecular flexibility index (Phi) is 4.32. The highest BCUT2D eigenvalue weighted by atomic mass is 16.4. The molecule has 2 heterocycles. The monoisotopic (exact) mass is 325 g/mol. The van der Waals surface area contributed by atoms with E-state index in [0.29, 0.717) is 24.2 Å². The van der Waals surface area contributed by atoms with Crippen LogP contribution in [0.5, 0.6) is 0 Å². The number of hydrogen-bond acceptors (Lipinski definition) is 4. The molecule has 4 rings (SSSR count). The van der Waals surface area contributed by atoms with E-state index >= 15 is 0 Å². The van der Waals surface area contributed by atoms with E-state index in [-0.39, 0.29) is 11.8 Å². The molecule has 2 fully saturated rings. The third-order valence-corrected chi connectivity index (χ3v) is 5.26. The van der Waals surface area contributed by atoms with Crippen molar-refractivity contribution in [1.82, 2.24) is 15.1 Å². The summed E-state index contributed by atoms with van der Waals surface area (Å²) in [6, 6.07) is 9.81. The zero-order valence-corrected chi connectivity index (χ0v) is 13.9. The van der Waals surface area contributed by atoms with E-state index < -0.39 is 0 Å². The molecule has 2 aromatic rings. The van der Waals surface area contributed by atoms with Gasteiger partial charge in [0.2, 0.25) is 17.7 Å². The van der Waals surface area contributed by atoms with Gasteiger partial charge in [0.05, 0.1) is 5.92 Å². The van der Waals surface area contributed by atoms with Crippen molar-refractivity contribution in [3.63, 3.8) is 0 Å². The number of likely N-dealkylation sites (tertiary alicyclic amines) is 1. The Balaban J connectivity index is 1.42. The van der Waals surface area contributed by atoms with Gasteiger partial charge in [-0.3, -0.25) is 4.79 Å². The van der Waals surface area contributed by atoms with Crippen LogP contribution in [0.3, 0.4) is 0 Å². The quantitative estimate of drug-likeness (QED) is 0.864. The van der Waals surface area contributed by atoms with Crippen molar-refractivity contribution in [2.24, 2.45) is 5.92 Å². The lowest BCUT2D eigenvalue weighted by Gasteiger charge is -2.26. The van der Waals surface area contributed by atoms with E-state index in [4.69, 9.17) is 4.42 Å². The van der Waals surface area contributed by atoms with Gasteiger partial charge in [-0.25, -0.2) is 0 Å². The first-order valence-electron chi connectivity index (χ1n) is 8.99. The molecule has 1 saturated heterocycles. The minimum absolute atomic E-state index is 0.169. The maximum atomic E-state index is 12.7. The molecule has 0 radical (unpaired) electrons.